The second kappa shape index (κ2) is 7.11. The molecule has 0 aromatic carbocycles. The molecule has 0 radical (unpaired) electrons. The lowest BCUT2D eigenvalue weighted by Crippen LogP contribution is -2.50. The maximum atomic E-state index is 12.1. The van der Waals surface area contributed by atoms with Crippen LogP contribution in [-0.2, 0) is 9.53 Å². The minimum atomic E-state index is -0.412. The van der Waals surface area contributed by atoms with Crippen molar-refractivity contribution < 1.29 is 14.3 Å². The van der Waals surface area contributed by atoms with Gasteiger partial charge in [0.1, 0.15) is 6.33 Å². The number of ether oxygens (including phenoxy) is 1. The number of aromatic amines is 1. The van der Waals surface area contributed by atoms with Crippen LogP contribution in [0.3, 0.4) is 0 Å². The monoisotopic (exact) mass is 311 g/mol. The second-order valence-electron chi connectivity index (χ2n) is 4.25. The Bertz CT molecular complexity index is 543. The van der Waals surface area contributed by atoms with E-state index in [9.17, 15) is 9.59 Å². The first-order chi connectivity index (χ1) is 10.2. The van der Waals surface area contributed by atoms with Crippen LogP contribution in [0.25, 0.3) is 0 Å². The van der Waals surface area contributed by atoms with Crippen LogP contribution >= 0.6 is 11.8 Å². The van der Waals surface area contributed by atoms with Crippen molar-refractivity contribution in [1.82, 2.24) is 25.8 Å². The van der Waals surface area contributed by atoms with E-state index in [2.05, 4.69) is 25.8 Å². The highest BCUT2D eigenvalue weighted by atomic mass is 32.2. The molecule has 0 aliphatic carbocycles. The lowest BCUT2D eigenvalue weighted by molar-refractivity contribution is -0.139. The van der Waals surface area contributed by atoms with Crippen molar-refractivity contribution in [1.29, 1.82) is 0 Å². The van der Waals surface area contributed by atoms with Crippen molar-refractivity contribution in [2.75, 3.05) is 12.4 Å². The number of aromatic nitrogens is 3. The highest BCUT2D eigenvalue weighted by Crippen LogP contribution is 2.22. The average molecular weight is 311 g/mol. The molecule has 2 amide bonds. The number of amides is 2. The maximum absolute atomic E-state index is 12.1. The SMILES string of the molecule is CCOC(=O)C1=C(CSc2ncn[nH]2)NC(=O)N[C@H]1CC. The number of hydrogen-bond acceptors (Lipinski definition) is 6. The van der Waals surface area contributed by atoms with E-state index in [1.54, 1.807) is 6.92 Å². The summed E-state index contributed by atoms with van der Waals surface area (Å²) in [6.45, 7) is 3.93. The molecule has 3 N–H and O–H groups in total. The fourth-order valence-corrected chi connectivity index (χ4v) is 2.73. The predicted octanol–water partition coefficient (Wildman–Crippen LogP) is 0.805. The predicted molar refractivity (Wildman–Crippen MR) is 76.5 cm³/mol. The van der Waals surface area contributed by atoms with E-state index in [4.69, 9.17) is 4.74 Å². The number of carbonyl (C=O) groups excluding carboxylic acids is 2. The van der Waals surface area contributed by atoms with Gasteiger partial charge in [0.2, 0.25) is 0 Å². The van der Waals surface area contributed by atoms with Crippen LogP contribution in [0.4, 0.5) is 4.79 Å². The fourth-order valence-electron chi connectivity index (χ4n) is 1.98. The van der Waals surface area contributed by atoms with E-state index >= 15 is 0 Å². The molecule has 0 saturated heterocycles. The van der Waals surface area contributed by atoms with Gasteiger partial charge in [0.05, 0.1) is 18.2 Å². The standard InChI is InChI=1S/C12H17N5O3S/c1-3-7-9(10(18)20-4-2)8(16-11(19)15-7)5-21-12-13-6-14-17-12/h6-7H,3-5H2,1-2H3,(H,13,14,17)(H2,15,16,19)/t7-/m0/s1. The average Bonchev–Trinajstić information content (AvgIpc) is 2.97. The van der Waals surface area contributed by atoms with E-state index < -0.39 is 5.97 Å². The van der Waals surface area contributed by atoms with E-state index in [0.29, 0.717) is 28.6 Å². The van der Waals surface area contributed by atoms with Gasteiger partial charge in [0.25, 0.3) is 0 Å². The third-order valence-corrected chi connectivity index (χ3v) is 3.80. The molecule has 0 spiro atoms. The summed E-state index contributed by atoms with van der Waals surface area (Å²) >= 11 is 1.35. The van der Waals surface area contributed by atoms with Crippen LogP contribution in [0.2, 0.25) is 0 Å². The molecule has 2 rings (SSSR count). The second-order valence-corrected chi connectivity index (χ2v) is 5.22. The number of thioether (sulfide) groups is 1. The van der Waals surface area contributed by atoms with Crippen molar-refractivity contribution in [2.24, 2.45) is 0 Å². The molecular weight excluding hydrogens is 294 g/mol. The zero-order valence-electron chi connectivity index (χ0n) is 11.8. The third-order valence-electron chi connectivity index (χ3n) is 2.89. The fraction of sp³-hybridized carbons (Fsp3) is 0.500. The summed E-state index contributed by atoms with van der Waals surface area (Å²) in [5.74, 6) is -0.0159. The maximum Gasteiger partial charge on any atom is 0.337 e. The number of carbonyl (C=O) groups is 2. The number of nitrogens with one attached hydrogen (secondary N) is 3. The van der Waals surface area contributed by atoms with Crippen LogP contribution in [-0.4, -0.2) is 45.6 Å². The van der Waals surface area contributed by atoms with Crippen LogP contribution in [0.15, 0.2) is 22.8 Å². The summed E-state index contributed by atoms with van der Waals surface area (Å²) in [6.07, 6.45) is 2.01. The summed E-state index contributed by atoms with van der Waals surface area (Å²) in [5.41, 5.74) is 1.01. The number of nitrogens with zero attached hydrogens (tertiary/aromatic N) is 2. The Balaban J connectivity index is 2.22. The van der Waals surface area contributed by atoms with Gasteiger partial charge in [-0.1, -0.05) is 18.7 Å². The molecule has 1 aromatic heterocycles. The van der Waals surface area contributed by atoms with Gasteiger partial charge in [0.15, 0.2) is 5.16 Å². The van der Waals surface area contributed by atoms with E-state index in [1.807, 2.05) is 6.92 Å². The van der Waals surface area contributed by atoms with Gasteiger partial charge in [-0.05, 0) is 13.3 Å². The smallest absolute Gasteiger partial charge is 0.337 e. The van der Waals surface area contributed by atoms with Crippen molar-refractivity contribution in [3.63, 3.8) is 0 Å². The normalized spacial score (nSPS) is 18.2. The first kappa shape index (κ1) is 15.4. The Hall–Kier alpha value is -2.03. The molecule has 8 nitrogen and oxygen atoms in total. The summed E-state index contributed by atoms with van der Waals surface area (Å²) < 4.78 is 5.08. The Kier molecular flexibility index (Phi) is 5.20. The summed E-state index contributed by atoms with van der Waals surface area (Å²) in [7, 11) is 0. The van der Waals surface area contributed by atoms with E-state index in [0.717, 1.165) is 0 Å². The molecular formula is C12H17N5O3S. The topological polar surface area (TPSA) is 109 Å². The van der Waals surface area contributed by atoms with Crippen LogP contribution in [0, 0.1) is 0 Å². The summed E-state index contributed by atoms with van der Waals surface area (Å²) in [4.78, 5) is 27.8. The highest BCUT2D eigenvalue weighted by Gasteiger charge is 2.31. The van der Waals surface area contributed by atoms with Crippen molar-refractivity contribution in [3.05, 3.63) is 17.6 Å². The zero-order valence-corrected chi connectivity index (χ0v) is 12.6. The molecule has 1 aliphatic rings. The Morgan fingerprint density at radius 3 is 2.90 bits per heavy atom. The number of rotatable bonds is 6. The first-order valence-corrected chi connectivity index (χ1v) is 7.60. The van der Waals surface area contributed by atoms with Gasteiger partial charge < -0.3 is 15.4 Å². The molecule has 0 bridgehead atoms. The van der Waals surface area contributed by atoms with Crippen LogP contribution in [0.5, 0.6) is 0 Å². The molecule has 0 saturated carbocycles. The molecule has 1 aliphatic heterocycles. The molecule has 114 valence electrons. The molecule has 21 heavy (non-hydrogen) atoms. The van der Waals surface area contributed by atoms with Gasteiger partial charge in [0, 0.05) is 11.4 Å². The number of urea groups is 1. The molecule has 0 unspecified atom stereocenters. The lowest BCUT2D eigenvalue weighted by atomic mass is 10.0. The molecule has 2 heterocycles. The minimum absolute atomic E-state index is 0.287. The van der Waals surface area contributed by atoms with E-state index in [-0.39, 0.29) is 18.7 Å². The van der Waals surface area contributed by atoms with Gasteiger partial charge in [-0.3, -0.25) is 5.10 Å². The summed E-state index contributed by atoms with van der Waals surface area (Å²) in [5, 5.41) is 12.5. The van der Waals surface area contributed by atoms with Gasteiger partial charge in [-0.25, -0.2) is 14.6 Å². The summed E-state index contributed by atoms with van der Waals surface area (Å²) in [6, 6.07) is -0.661. The molecule has 1 aromatic rings. The quantitative estimate of drug-likeness (QED) is 0.530. The molecule has 1 atom stereocenters. The number of esters is 1. The lowest BCUT2D eigenvalue weighted by Gasteiger charge is -2.28. The third kappa shape index (κ3) is 3.75. The first-order valence-electron chi connectivity index (χ1n) is 6.61. The number of hydrogen-bond donors (Lipinski definition) is 3. The van der Waals surface area contributed by atoms with Gasteiger partial charge >= 0.3 is 12.0 Å². The Morgan fingerprint density at radius 2 is 2.29 bits per heavy atom. The van der Waals surface area contributed by atoms with E-state index in [1.165, 1.54) is 18.1 Å². The van der Waals surface area contributed by atoms with Gasteiger partial charge in [-0.15, -0.1) is 0 Å². The highest BCUT2D eigenvalue weighted by molar-refractivity contribution is 7.99. The minimum Gasteiger partial charge on any atom is -0.463 e. The number of H-pyrrole nitrogens is 1. The van der Waals surface area contributed by atoms with Crippen LogP contribution < -0.4 is 10.6 Å². The molecule has 0 fully saturated rings. The van der Waals surface area contributed by atoms with Gasteiger partial charge in [-0.2, -0.15) is 5.10 Å². The van der Waals surface area contributed by atoms with Crippen molar-refractivity contribution in [3.8, 4) is 0 Å². The Labute approximate surface area is 126 Å². The molecule has 9 heteroatoms. The Morgan fingerprint density at radius 1 is 1.48 bits per heavy atom. The zero-order chi connectivity index (χ0) is 15.2. The van der Waals surface area contributed by atoms with Crippen molar-refractivity contribution in [2.45, 2.75) is 31.5 Å². The largest absolute Gasteiger partial charge is 0.463 e. The van der Waals surface area contributed by atoms with Crippen LogP contribution in [0.1, 0.15) is 20.3 Å². The van der Waals surface area contributed by atoms with Crippen molar-refractivity contribution >= 4 is 23.8 Å².